The molecule has 4 rings (SSSR count). The fourth-order valence-corrected chi connectivity index (χ4v) is 4.45. The van der Waals surface area contributed by atoms with Crippen LogP contribution in [0.25, 0.3) is 23.1 Å². The summed E-state index contributed by atoms with van der Waals surface area (Å²) >= 11 is 0. The van der Waals surface area contributed by atoms with Gasteiger partial charge in [0, 0.05) is 23.0 Å². The molecule has 1 heterocycles. The summed E-state index contributed by atoms with van der Waals surface area (Å²) in [5.41, 5.74) is 7.68. The number of H-pyrrole nitrogens is 1. The second-order valence-electron chi connectivity index (χ2n) is 8.27. The van der Waals surface area contributed by atoms with Gasteiger partial charge >= 0.3 is 0 Å². The molecule has 0 unspecified atom stereocenters. The lowest BCUT2D eigenvalue weighted by atomic mass is 9.92. The van der Waals surface area contributed by atoms with Crippen LogP contribution in [0.5, 0.6) is 0 Å². The van der Waals surface area contributed by atoms with Gasteiger partial charge in [-0.1, -0.05) is 49.3 Å². The first-order valence-electron chi connectivity index (χ1n) is 10.5. The van der Waals surface area contributed by atoms with E-state index in [2.05, 4.69) is 66.5 Å². The Morgan fingerprint density at radius 3 is 2.46 bits per heavy atom. The van der Waals surface area contributed by atoms with Crippen molar-refractivity contribution >= 4 is 28.8 Å². The van der Waals surface area contributed by atoms with E-state index in [1.54, 1.807) is 12.5 Å². The van der Waals surface area contributed by atoms with Gasteiger partial charge in [0.1, 0.15) is 5.78 Å². The first-order valence-corrected chi connectivity index (χ1v) is 10.5. The van der Waals surface area contributed by atoms with Crippen LogP contribution < -0.4 is 0 Å². The Morgan fingerprint density at radius 2 is 1.75 bits per heavy atom. The van der Waals surface area contributed by atoms with E-state index >= 15 is 0 Å². The quantitative estimate of drug-likeness (QED) is 0.473. The number of hydrogen-bond donors (Lipinski definition) is 1. The van der Waals surface area contributed by atoms with Crippen molar-refractivity contribution in [3.8, 4) is 0 Å². The van der Waals surface area contributed by atoms with E-state index in [-0.39, 0.29) is 5.78 Å². The van der Waals surface area contributed by atoms with Crippen LogP contribution in [0.4, 0.5) is 0 Å². The van der Waals surface area contributed by atoms with Crippen molar-refractivity contribution in [2.24, 2.45) is 0 Å². The van der Waals surface area contributed by atoms with E-state index in [1.165, 1.54) is 47.8 Å². The average molecular weight is 372 g/mol. The van der Waals surface area contributed by atoms with Gasteiger partial charge in [-0.05, 0) is 79.5 Å². The summed E-state index contributed by atoms with van der Waals surface area (Å²) in [6.45, 7) is 3.90. The number of ketones is 1. The summed E-state index contributed by atoms with van der Waals surface area (Å²) < 4.78 is 0. The number of aryl methyl sites for hydroxylation is 2. The van der Waals surface area contributed by atoms with Gasteiger partial charge in [0.2, 0.25) is 0 Å². The van der Waals surface area contributed by atoms with Gasteiger partial charge in [-0.2, -0.15) is 0 Å². The van der Waals surface area contributed by atoms with Crippen LogP contribution in [-0.2, 0) is 11.2 Å². The second-order valence-corrected chi connectivity index (χ2v) is 8.27. The third kappa shape index (κ3) is 4.27. The number of hydrogen-bond acceptors (Lipinski definition) is 1. The lowest BCUT2D eigenvalue weighted by Gasteiger charge is -2.13. The van der Waals surface area contributed by atoms with Crippen molar-refractivity contribution in [3.63, 3.8) is 0 Å². The van der Waals surface area contributed by atoms with Crippen molar-refractivity contribution in [1.82, 2.24) is 4.98 Å². The highest BCUT2D eigenvalue weighted by Gasteiger charge is 2.18. The number of nitrogens with one attached hydrogen (secondary N) is 1. The maximum atomic E-state index is 11.2. The fourth-order valence-electron chi connectivity index (χ4n) is 4.45. The van der Waals surface area contributed by atoms with Crippen LogP contribution in [0.3, 0.4) is 0 Å². The molecule has 0 amide bonds. The van der Waals surface area contributed by atoms with Gasteiger partial charge in [0.15, 0.2) is 0 Å². The van der Waals surface area contributed by atoms with Crippen LogP contribution in [-0.4, -0.2) is 10.8 Å². The SMILES string of the molecule is CC(=O)CCc1cc2cc(/C=C/c3ccc(C4CCCC4)c(C)c3)ccc2[nH]1. The van der Waals surface area contributed by atoms with Crippen LogP contribution in [0.1, 0.15) is 72.9 Å². The molecule has 1 aliphatic rings. The molecular weight excluding hydrogens is 342 g/mol. The normalized spacial score (nSPS) is 15.1. The molecule has 2 aromatic carbocycles. The number of fused-ring (bicyclic) bond motifs is 1. The molecule has 0 aliphatic heterocycles. The van der Waals surface area contributed by atoms with E-state index in [0.29, 0.717) is 6.42 Å². The number of benzene rings is 2. The molecule has 1 aliphatic carbocycles. The van der Waals surface area contributed by atoms with E-state index < -0.39 is 0 Å². The minimum Gasteiger partial charge on any atom is -0.358 e. The first-order chi connectivity index (χ1) is 13.6. The maximum Gasteiger partial charge on any atom is 0.130 e. The summed E-state index contributed by atoms with van der Waals surface area (Å²) in [6.07, 6.45) is 11.2. The van der Waals surface area contributed by atoms with Gasteiger partial charge in [-0.25, -0.2) is 0 Å². The molecule has 0 atom stereocenters. The molecule has 0 saturated heterocycles. The van der Waals surface area contributed by atoms with Crippen molar-refractivity contribution in [3.05, 3.63) is 70.4 Å². The van der Waals surface area contributed by atoms with E-state index in [4.69, 9.17) is 0 Å². The van der Waals surface area contributed by atoms with Crippen molar-refractivity contribution in [1.29, 1.82) is 0 Å². The Hall–Kier alpha value is -2.61. The number of carbonyl (C=O) groups is 1. The molecule has 1 fully saturated rings. The largest absolute Gasteiger partial charge is 0.358 e. The number of Topliss-reactive ketones (excluding diaryl/α,β-unsaturated/α-hetero) is 1. The Morgan fingerprint density at radius 1 is 1.04 bits per heavy atom. The molecular formula is C26H29NO. The zero-order valence-electron chi connectivity index (χ0n) is 16.9. The smallest absolute Gasteiger partial charge is 0.130 e. The van der Waals surface area contributed by atoms with Crippen LogP contribution in [0.2, 0.25) is 0 Å². The topological polar surface area (TPSA) is 32.9 Å². The zero-order chi connectivity index (χ0) is 19.5. The molecule has 28 heavy (non-hydrogen) atoms. The van der Waals surface area contributed by atoms with Crippen LogP contribution in [0.15, 0.2) is 42.5 Å². The monoisotopic (exact) mass is 371 g/mol. The summed E-state index contributed by atoms with van der Waals surface area (Å²) in [4.78, 5) is 14.6. The van der Waals surface area contributed by atoms with Gasteiger partial charge in [-0.15, -0.1) is 0 Å². The summed E-state index contributed by atoms with van der Waals surface area (Å²) in [7, 11) is 0. The van der Waals surface area contributed by atoms with E-state index in [0.717, 1.165) is 23.5 Å². The molecule has 1 N–H and O–H groups in total. The highest BCUT2D eigenvalue weighted by molar-refractivity contribution is 5.85. The average Bonchev–Trinajstić information content (AvgIpc) is 3.34. The Labute approximate surface area is 167 Å². The Balaban J connectivity index is 1.50. The third-order valence-electron chi connectivity index (χ3n) is 6.00. The minimum atomic E-state index is 0.233. The second kappa shape index (κ2) is 8.18. The number of carbonyl (C=O) groups excluding carboxylic acids is 1. The summed E-state index contributed by atoms with van der Waals surface area (Å²) in [5.74, 6) is 1.00. The molecule has 0 spiro atoms. The highest BCUT2D eigenvalue weighted by Crippen LogP contribution is 2.36. The molecule has 1 aromatic heterocycles. The highest BCUT2D eigenvalue weighted by atomic mass is 16.1. The summed E-state index contributed by atoms with van der Waals surface area (Å²) in [6, 6.07) is 15.5. The summed E-state index contributed by atoms with van der Waals surface area (Å²) in [5, 5.41) is 1.20. The molecule has 0 bridgehead atoms. The molecule has 2 nitrogen and oxygen atoms in total. The van der Waals surface area contributed by atoms with Gasteiger partial charge < -0.3 is 9.78 Å². The standard InChI is InChI=1S/C26H29NO/c1-18-15-20(10-13-25(18)22-5-3-4-6-22)8-9-21-11-14-26-23(16-21)17-24(27-26)12-7-19(2)28/h8-11,13-17,22,27H,3-7,12H2,1-2H3/b9-8+. The van der Waals surface area contributed by atoms with Crippen molar-refractivity contribution < 1.29 is 4.79 Å². The molecule has 144 valence electrons. The number of rotatable bonds is 6. The van der Waals surface area contributed by atoms with Crippen molar-refractivity contribution in [2.45, 2.75) is 58.3 Å². The number of aromatic nitrogens is 1. The lowest BCUT2D eigenvalue weighted by Crippen LogP contribution is -1.95. The van der Waals surface area contributed by atoms with Gasteiger partial charge in [-0.3, -0.25) is 0 Å². The van der Waals surface area contributed by atoms with E-state index in [1.807, 2.05) is 0 Å². The molecule has 3 aromatic rings. The molecule has 1 saturated carbocycles. The predicted molar refractivity (Wildman–Crippen MR) is 119 cm³/mol. The van der Waals surface area contributed by atoms with Crippen LogP contribution in [0, 0.1) is 6.92 Å². The lowest BCUT2D eigenvalue weighted by molar-refractivity contribution is -0.116. The van der Waals surface area contributed by atoms with Gasteiger partial charge in [0.05, 0.1) is 0 Å². The zero-order valence-corrected chi connectivity index (χ0v) is 16.9. The maximum absolute atomic E-state index is 11.2. The molecule has 0 radical (unpaired) electrons. The predicted octanol–water partition coefficient (Wildman–Crippen LogP) is 6.83. The van der Waals surface area contributed by atoms with E-state index in [9.17, 15) is 4.79 Å². The number of aromatic amines is 1. The minimum absolute atomic E-state index is 0.233. The Kier molecular flexibility index (Phi) is 5.47. The van der Waals surface area contributed by atoms with Crippen molar-refractivity contribution in [2.75, 3.05) is 0 Å². The fraction of sp³-hybridized carbons (Fsp3) is 0.346. The molecule has 2 heteroatoms. The van der Waals surface area contributed by atoms with Crippen LogP contribution >= 0.6 is 0 Å². The Bertz CT molecular complexity index is 1020. The van der Waals surface area contributed by atoms with Gasteiger partial charge in [0.25, 0.3) is 0 Å². The third-order valence-corrected chi connectivity index (χ3v) is 6.00. The first kappa shape index (κ1) is 18.7.